The summed E-state index contributed by atoms with van der Waals surface area (Å²) < 4.78 is 5.29. The molecule has 0 radical (unpaired) electrons. The molecule has 0 bridgehead atoms. The maximum absolute atomic E-state index is 12.2. The highest BCUT2D eigenvalue weighted by Gasteiger charge is 2.18. The van der Waals surface area contributed by atoms with Crippen LogP contribution in [-0.2, 0) is 4.79 Å². The van der Waals surface area contributed by atoms with Gasteiger partial charge in [-0.3, -0.25) is 14.9 Å². The number of esters is 1. The van der Waals surface area contributed by atoms with Gasteiger partial charge in [0.1, 0.15) is 5.75 Å². The standard InChI is InChI=1S/C19H19NO4/c1-14(2)12-16(15-6-4-3-5-7-15)13-19(21)24-18-10-8-17(9-11-18)20(22)23/h3-11,16H,1,12-13H2,2H3/t16-/m1/s1. The lowest BCUT2D eigenvalue weighted by Gasteiger charge is -2.16. The number of hydrogen-bond acceptors (Lipinski definition) is 4. The van der Waals surface area contributed by atoms with Gasteiger partial charge in [0.05, 0.1) is 11.3 Å². The predicted octanol–water partition coefficient (Wildman–Crippen LogP) is 4.64. The van der Waals surface area contributed by atoms with Crippen molar-refractivity contribution in [3.63, 3.8) is 0 Å². The van der Waals surface area contributed by atoms with Crippen LogP contribution < -0.4 is 4.74 Å². The van der Waals surface area contributed by atoms with Crippen LogP contribution in [0.4, 0.5) is 5.69 Å². The molecule has 0 N–H and O–H groups in total. The first-order chi connectivity index (χ1) is 11.5. The molecule has 124 valence electrons. The summed E-state index contributed by atoms with van der Waals surface area (Å²) in [5.74, 6) is -0.0825. The van der Waals surface area contributed by atoms with E-state index in [0.717, 1.165) is 11.1 Å². The van der Waals surface area contributed by atoms with Crippen molar-refractivity contribution in [1.29, 1.82) is 0 Å². The fraction of sp³-hybridized carbons (Fsp3) is 0.211. The van der Waals surface area contributed by atoms with Gasteiger partial charge in [0, 0.05) is 12.1 Å². The van der Waals surface area contributed by atoms with E-state index in [0.29, 0.717) is 12.2 Å². The normalized spacial score (nSPS) is 11.5. The summed E-state index contributed by atoms with van der Waals surface area (Å²) in [6.07, 6.45) is 0.910. The molecule has 0 saturated heterocycles. The van der Waals surface area contributed by atoms with E-state index < -0.39 is 4.92 Å². The number of ether oxygens (including phenoxy) is 1. The summed E-state index contributed by atoms with van der Waals surface area (Å²) in [7, 11) is 0. The predicted molar refractivity (Wildman–Crippen MR) is 92.0 cm³/mol. The molecule has 24 heavy (non-hydrogen) atoms. The Morgan fingerprint density at radius 1 is 1.12 bits per heavy atom. The van der Waals surface area contributed by atoms with E-state index in [1.807, 2.05) is 37.3 Å². The molecule has 0 spiro atoms. The van der Waals surface area contributed by atoms with Crippen LogP contribution in [0.3, 0.4) is 0 Å². The zero-order chi connectivity index (χ0) is 17.5. The Kier molecular flexibility index (Phi) is 5.84. The van der Waals surface area contributed by atoms with Gasteiger partial charge >= 0.3 is 5.97 Å². The van der Waals surface area contributed by atoms with Gasteiger partial charge in [0.2, 0.25) is 0 Å². The zero-order valence-corrected chi connectivity index (χ0v) is 13.5. The number of carbonyl (C=O) groups excluding carboxylic acids is 1. The third kappa shape index (κ3) is 5.05. The Hall–Kier alpha value is -2.95. The second-order valence-electron chi connectivity index (χ2n) is 5.70. The number of carbonyl (C=O) groups is 1. The van der Waals surface area contributed by atoms with Crippen molar-refractivity contribution in [2.75, 3.05) is 0 Å². The third-order valence-corrected chi connectivity index (χ3v) is 3.56. The quantitative estimate of drug-likeness (QED) is 0.244. The van der Waals surface area contributed by atoms with Crippen molar-refractivity contribution >= 4 is 11.7 Å². The Morgan fingerprint density at radius 3 is 2.29 bits per heavy atom. The second-order valence-corrected chi connectivity index (χ2v) is 5.70. The molecular weight excluding hydrogens is 306 g/mol. The van der Waals surface area contributed by atoms with E-state index in [2.05, 4.69) is 6.58 Å². The van der Waals surface area contributed by atoms with Crippen LogP contribution in [0.25, 0.3) is 0 Å². The van der Waals surface area contributed by atoms with Gasteiger partial charge in [-0.15, -0.1) is 6.58 Å². The lowest BCUT2D eigenvalue weighted by atomic mass is 9.90. The van der Waals surface area contributed by atoms with Crippen LogP contribution in [0, 0.1) is 10.1 Å². The van der Waals surface area contributed by atoms with Crippen molar-refractivity contribution in [2.45, 2.75) is 25.7 Å². The van der Waals surface area contributed by atoms with Gasteiger partial charge in [-0.1, -0.05) is 35.9 Å². The van der Waals surface area contributed by atoms with Crippen LogP contribution in [-0.4, -0.2) is 10.9 Å². The van der Waals surface area contributed by atoms with Crippen molar-refractivity contribution in [3.8, 4) is 5.75 Å². The van der Waals surface area contributed by atoms with Crippen LogP contribution in [0.1, 0.15) is 31.2 Å². The maximum Gasteiger partial charge on any atom is 0.311 e. The number of allylic oxidation sites excluding steroid dienone is 1. The lowest BCUT2D eigenvalue weighted by Crippen LogP contribution is -2.13. The average Bonchev–Trinajstić information content (AvgIpc) is 2.55. The second kappa shape index (κ2) is 8.06. The minimum Gasteiger partial charge on any atom is -0.427 e. The molecule has 0 saturated carbocycles. The number of hydrogen-bond donors (Lipinski definition) is 0. The number of nitro benzene ring substituents is 1. The molecule has 0 aliphatic carbocycles. The topological polar surface area (TPSA) is 69.4 Å². The summed E-state index contributed by atoms with van der Waals surface area (Å²) in [4.78, 5) is 22.3. The largest absolute Gasteiger partial charge is 0.427 e. The summed E-state index contributed by atoms with van der Waals surface area (Å²) in [5.41, 5.74) is 2.01. The Bertz CT molecular complexity index is 723. The van der Waals surface area contributed by atoms with E-state index in [-0.39, 0.29) is 24.0 Å². The number of non-ortho nitro benzene ring substituents is 1. The highest BCUT2D eigenvalue weighted by atomic mass is 16.6. The van der Waals surface area contributed by atoms with Gasteiger partial charge in [-0.25, -0.2) is 0 Å². The SMILES string of the molecule is C=C(C)C[C@H](CC(=O)Oc1ccc([N+](=O)[O-])cc1)c1ccccc1. The molecule has 0 aliphatic rings. The van der Waals surface area contributed by atoms with Crippen molar-refractivity contribution in [3.05, 3.63) is 82.4 Å². The smallest absolute Gasteiger partial charge is 0.311 e. The maximum atomic E-state index is 12.2. The average molecular weight is 325 g/mol. The van der Waals surface area contributed by atoms with Gasteiger partial charge in [0.25, 0.3) is 5.69 Å². The Balaban J connectivity index is 2.04. The molecule has 5 nitrogen and oxygen atoms in total. The van der Waals surface area contributed by atoms with Crippen molar-refractivity contribution in [2.24, 2.45) is 0 Å². The fourth-order valence-corrected chi connectivity index (χ4v) is 2.46. The monoisotopic (exact) mass is 325 g/mol. The summed E-state index contributed by atoms with van der Waals surface area (Å²) in [6, 6.07) is 15.2. The molecule has 2 rings (SSSR count). The summed E-state index contributed by atoms with van der Waals surface area (Å²) >= 11 is 0. The Morgan fingerprint density at radius 2 is 1.75 bits per heavy atom. The molecule has 0 amide bonds. The number of nitro groups is 1. The van der Waals surface area contributed by atoms with E-state index in [1.165, 1.54) is 24.3 Å². The number of rotatable bonds is 7. The number of nitrogens with zero attached hydrogens (tertiary/aromatic N) is 1. The molecule has 0 aliphatic heterocycles. The van der Waals surface area contributed by atoms with E-state index in [9.17, 15) is 14.9 Å². The van der Waals surface area contributed by atoms with Crippen molar-refractivity contribution in [1.82, 2.24) is 0 Å². The lowest BCUT2D eigenvalue weighted by molar-refractivity contribution is -0.384. The van der Waals surface area contributed by atoms with Gasteiger partial charge < -0.3 is 4.74 Å². The molecule has 1 atom stereocenters. The molecule has 2 aromatic rings. The summed E-state index contributed by atoms with van der Waals surface area (Å²) in [6.45, 7) is 5.85. The number of benzene rings is 2. The minimum absolute atomic E-state index is 0.00533. The first-order valence-electron chi connectivity index (χ1n) is 7.60. The van der Waals surface area contributed by atoms with E-state index in [1.54, 1.807) is 0 Å². The minimum atomic E-state index is -0.496. The highest BCUT2D eigenvalue weighted by molar-refractivity contribution is 5.73. The highest BCUT2D eigenvalue weighted by Crippen LogP contribution is 2.27. The summed E-state index contributed by atoms with van der Waals surface area (Å²) in [5, 5.41) is 10.6. The third-order valence-electron chi connectivity index (χ3n) is 3.56. The van der Waals surface area contributed by atoms with Crippen LogP contribution >= 0.6 is 0 Å². The molecule has 0 unspecified atom stereocenters. The fourth-order valence-electron chi connectivity index (χ4n) is 2.46. The molecule has 0 aromatic heterocycles. The molecule has 2 aromatic carbocycles. The van der Waals surface area contributed by atoms with Gasteiger partial charge in [-0.05, 0) is 37.0 Å². The van der Waals surface area contributed by atoms with Crippen molar-refractivity contribution < 1.29 is 14.5 Å². The van der Waals surface area contributed by atoms with Gasteiger partial charge in [0.15, 0.2) is 0 Å². The zero-order valence-electron chi connectivity index (χ0n) is 13.5. The van der Waals surface area contributed by atoms with Crippen LogP contribution in [0.2, 0.25) is 0 Å². The molecule has 0 fully saturated rings. The van der Waals surface area contributed by atoms with Crippen LogP contribution in [0.5, 0.6) is 5.75 Å². The van der Waals surface area contributed by atoms with Crippen LogP contribution in [0.15, 0.2) is 66.7 Å². The first kappa shape index (κ1) is 17.4. The van der Waals surface area contributed by atoms with E-state index >= 15 is 0 Å². The molecule has 0 heterocycles. The van der Waals surface area contributed by atoms with E-state index in [4.69, 9.17) is 4.74 Å². The first-order valence-corrected chi connectivity index (χ1v) is 7.60. The molecule has 5 heteroatoms. The molecular formula is C19H19NO4. The van der Waals surface area contributed by atoms with Gasteiger partial charge in [-0.2, -0.15) is 0 Å². The Labute approximate surface area is 140 Å².